The predicted octanol–water partition coefficient (Wildman–Crippen LogP) is 3.09. The quantitative estimate of drug-likeness (QED) is 0.664. The molecule has 1 aromatic carbocycles. The smallest absolute Gasteiger partial charge is 0.338 e. The molecule has 0 bridgehead atoms. The van der Waals surface area contributed by atoms with Crippen LogP contribution in [0, 0.1) is 5.82 Å². The van der Waals surface area contributed by atoms with Crippen molar-refractivity contribution in [1.82, 2.24) is 10.6 Å². The Morgan fingerprint density at radius 1 is 1.17 bits per heavy atom. The van der Waals surface area contributed by atoms with Crippen LogP contribution in [0.3, 0.4) is 0 Å². The maximum atomic E-state index is 14.5. The molecule has 0 aromatic heterocycles. The fourth-order valence-electron chi connectivity index (χ4n) is 4.26. The molecule has 1 aromatic rings. The summed E-state index contributed by atoms with van der Waals surface area (Å²) in [6.45, 7) is 3.39. The van der Waals surface area contributed by atoms with Gasteiger partial charge in [0.05, 0.1) is 29.3 Å². The van der Waals surface area contributed by atoms with Crippen LogP contribution in [0.5, 0.6) is 0 Å². The molecule has 7 nitrogen and oxygen atoms in total. The third-order valence-corrected chi connectivity index (χ3v) is 5.73. The molecule has 0 spiro atoms. The molecule has 0 saturated heterocycles. The van der Waals surface area contributed by atoms with E-state index in [1.54, 1.807) is 25.1 Å². The highest BCUT2D eigenvalue weighted by atomic mass is 19.1. The van der Waals surface area contributed by atoms with Gasteiger partial charge in [-0.2, -0.15) is 0 Å². The van der Waals surface area contributed by atoms with E-state index in [1.807, 2.05) is 6.92 Å². The molecule has 162 valence electrons. The normalized spacial score (nSPS) is 20.4. The van der Waals surface area contributed by atoms with Crippen LogP contribution >= 0.6 is 0 Å². The Labute approximate surface area is 175 Å². The lowest BCUT2D eigenvalue weighted by atomic mass is 9.78. The van der Waals surface area contributed by atoms with E-state index in [2.05, 4.69) is 10.6 Å². The van der Waals surface area contributed by atoms with Crippen molar-refractivity contribution in [3.8, 4) is 0 Å². The van der Waals surface area contributed by atoms with Crippen molar-refractivity contribution in [3.05, 3.63) is 46.9 Å². The molecular formula is C22H27FN2O5. The minimum absolute atomic E-state index is 0.177. The zero-order chi connectivity index (χ0) is 21.7. The lowest BCUT2D eigenvalue weighted by Crippen LogP contribution is -2.51. The van der Waals surface area contributed by atoms with Crippen LogP contribution in [0.1, 0.15) is 51.5 Å². The van der Waals surface area contributed by atoms with Crippen molar-refractivity contribution < 1.29 is 28.2 Å². The van der Waals surface area contributed by atoms with Crippen molar-refractivity contribution in [1.29, 1.82) is 0 Å². The van der Waals surface area contributed by atoms with E-state index >= 15 is 0 Å². The molecule has 1 fully saturated rings. The monoisotopic (exact) mass is 418 g/mol. The number of hydrogen-bond donors (Lipinski definition) is 2. The van der Waals surface area contributed by atoms with Gasteiger partial charge in [-0.05, 0) is 32.3 Å². The summed E-state index contributed by atoms with van der Waals surface area (Å²) in [6.07, 6.45) is 3.03. The lowest BCUT2D eigenvalue weighted by molar-refractivity contribution is -0.150. The summed E-state index contributed by atoms with van der Waals surface area (Å²) in [5.41, 5.74) is -0.304. The van der Waals surface area contributed by atoms with E-state index in [4.69, 9.17) is 9.47 Å². The Hall–Kier alpha value is -2.90. The minimum atomic E-state index is -1.06. The minimum Gasteiger partial charge on any atom is -0.463 e. The molecule has 1 heterocycles. The van der Waals surface area contributed by atoms with E-state index in [1.165, 1.54) is 6.07 Å². The van der Waals surface area contributed by atoms with Crippen molar-refractivity contribution in [2.24, 2.45) is 0 Å². The molecule has 1 aliphatic heterocycles. The van der Waals surface area contributed by atoms with E-state index in [0.717, 1.165) is 12.8 Å². The second kappa shape index (κ2) is 9.28. The predicted molar refractivity (Wildman–Crippen MR) is 107 cm³/mol. The first-order valence-electron chi connectivity index (χ1n) is 10.3. The van der Waals surface area contributed by atoms with Crippen LogP contribution in [-0.2, 0) is 24.5 Å². The topological polar surface area (TPSA) is 93.7 Å². The maximum absolute atomic E-state index is 14.5. The molecule has 2 amide bonds. The zero-order valence-corrected chi connectivity index (χ0v) is 17.3. The number of hydrogen-bond acceptors (Lipinski definition) is 5. The summed E-state index contributed by atoms with van der Waals surface area (Å²) in [4.78, 5) is 37.6. The van der Waals surface area contributed by atoms with Crippen molar-refractivity contribution in [2.45, 2.75) is 57.4 Å². The molecule has 2 aliphatic rings. The Balaban J connectivity index is 1.87. The maximum Gasteiger partial charge on any atom is 0.338 e. The number of nitrogens with one attached hydrogen (secondary N) is 2. The van der Waals surface area contributed by atoms with Crippen LogP contribution in [0.2, 0.25) is 0 Å². The fourth-order valence-corrected chi connectivity index (χ4v) is 4.26. The average Bonchev–Trinajstić information content (AvgIpc) is 3.22. The number of ether oxygens (including phenoxy) is 2. The van der Waals surface area contributed by atoms with Gasteiger partial charge in [0.15, 0.2) is 0 Å². The van der Waals surface area contributed by atoms with Crippen LogP contribution in [-0.4, -0.2) is 37.2 Å². The lowest BCUT2D eigenvalue weighted by Gasteiger charge is -2.30. The van der Waals surface area contributed by atoms with Crippen molar-refractivity contribution >= 4 is 18.0 Å². The van der Waals surface area contributed by atoms with E-state index < -0.39 is 35.2 Å². The zero-order valence-electron chi connectivity index (χ0n) is 17.3. The van der Waals surface area contributed by atoms with Crippen LogP contribution in [0.4, 0.5) is 9.18 Å². The number of carbonyl (C=O) groups is 3. The Bertz CT molecular complexity index is 861. The summed E-state index contributed by atoms with van der Waals surface area (Å²) in [5.74, 6) is -1.57. The van der Waals surface area contributed by atoms with Gasteiger partial charge >= 0.3 is 18.0 Å². The fraction of sp³-hybridized carbons (Fsp3) is 0.500. The van der Waals surface area contributed by atoms with Crippen LogP contribution < -0.4 is 10.6 Å². The van der Waals surface area contributed by atoms with Gasteiger partial charge in [0.25, 0.3) is 0 Å². The van der Waals surface area contributed by atoms with Gasteiger partial charge in [0.1, 0.15) is 12.4 Å². The second-order valence-corrected chi connectivity index (χ2v) is 7.52. The van der Waals surface area contributed by atoms with E-state index in [0.29, 0.717) is 24.8 Å². The number of carbonyl (C=O) groups excluding carboxylic acids is 3. The van der Waals surface area contributed by atoms with Gasteiger partial charge in [-0.25, -0.2) is 14.0 Å². The molecule has 30 heavy (non-hydrogen) atoms. The van der Waals surface area contributed by atoms with Gasteiger partial charge in [-0.15, -0.1) is 0 Å². The average molecular weight is 418 g/mol. The molecule has 8 heteroatoms. The van der Waals surface area contributed by atoms with Gasteiger partial charge in [0.2, 0.25) is 0 Å². The Morgan fingerprint density at radius 3 is 2.50 bits per heavy atom. The van der Waals surface area contributed by atoms with Gasteiger partial charge in [-0.1, -0.05) is 38.0 Å². The van der Waals surface area contributed by atoms with Gasteiger partial charge in [-0.3, -0.25) is 4.79 Å². The van der Waals surface area contributed by atoms with Crippen LogP contribution in [0.25, 0.3) is 0 Å². The third-order valence-electron chi connectivity index (χ3n) is 5.73. The van der Waals surface area contributed by atoms with Gasteiger partial charge in [0, 0.05) is 5.56 Å². The highest BCUT2D eigenvalue weighted by molar-refractivity contribution is 5.95. The third kappa shape index (κ3) is 4.17. The summed E-state index contributed by atoms with van der Waals surface area (Å²) >= 11 is 0. The first kappa shape index (κ1) is 21.8. The number of amides is 2. The summed E-state index contributed by atoms with van der Waals surface area (Å²) in [6, 6.07) is 5.21. The molecule has 0 unspecified atom stereocenters. The summed E-state index contributed by atoms with van der Waals surface area (Å²) in [5, 5.41) is 5.23. The SMILES string of the molecule is CCOC(=O)C1=C(COC(=O)C2(c3ccccc3F)CCCC2)NC(=O)N[C@H]1CC. The van der Waals surface area contributed by atoms with E-state index in [-0.39, 0.29) is 24.5 Å². The molecular weight excluding hydrogens is 391 g/mol. The summed E-state index contributed by atoms with van der Waals surface area (Å²) in [7, 11) is 0. The number of urea groups is 1. The Morgan fingerprint density at radius 2 is 1.87 bits per heavy atom. The Kier molecular flexibility index (Phi) is 6.74. The molecule has 0 radical (unpaired) electrons. The molecule has 1 atom stereocenters. The number of halogens is 1. The highest BCUT2D eigenvalue weighted by Crippen LogP contribution is 2.43. The second-order valence-electron chi connectivity index (χ2n) is 7.52. The largest absolute Gasteiger partial charge is 0.463 e. The number of benzene rings is 1. The molecule has 1 aliphatic carbocycles. The first-order valence-corrected chi connectivity index (χ1v) is 10.3. The van der Waals surface area contributed by atoms with E-state index in [9.17, 15) is 18.8 Å². The molecule has 1 saturated carbocycles. The van der Waals surface area contributed by atoms with Crippen LogP contribution in [0.15, 0.2) is 35.5 Å². The molecule has 2 N–H and O–H groups in total. The number of rotatable bonds is 7. The molecule has 3 rings (SSSR count). The first-order chi connectivity index (χ1) is 14.4. The van der Waals surface area contributed by atoms with Gasteiger partial charge < -0.3 is 20.1 Å². The highest BCUT2D eigenvalue weighted by Gasteiger charge is 2.46. The van der Waals surface area contributed by atoms with Crippen molar-refractivity contribution in [3.63, 3.8) is 0 Å². The summed E-state index contributed by atoms with van der Waals surface area (Å²) < 4.78 is 25.2. The van der Waals surface area contributed by atoms with Crippen molar-refractivity contribution in [2.75, 3.05) is 13.2 Å². The standard InChI is InChI=1S/C22H27FN2O5/c1-3-16-18(19(26)29-4-2)17(25-21(28)24-16)13-30-20(27)22(11-7-8-12-22)14-9-5-6-10-15(14)23/h5-6,9-10,16H,3-4,7-8,11-13H2,1-2H3,(H2,24,25,28)/t16-/m0/s1. The number of esters is 2.